The molecule has 1 heterocycles. The van der Waals surface area contributed by atoms with Crippen LogP contribution in [0.1, 0.15) is 191 Å². The van der Waals surface area contributed by atoms with Crippen LogP contribution in [0, 0.1) is 48.5 Å². The normalized spacial score (nSPS) is 12.7. The Hall–Kier alpha value is -7.48. The summed E-state index contributed by atoms with van der Waals surface area (Å²) in [5.41, 5.74) is 16.8. The Labute approximate surface area is 659 Å². The summed E-state index contributed by atoms with van der Waals surface area (Å²) in [4.78, 5) is 12.5. The molecule has 0 spiro atoms. The van der Waals surface area contributed by atoms with Gasteiger partial charge in [0, 0.05) is 61.3 Å². The highest BCUT2D eigenvalue weighted by Gasteiger charge is 2.48. The lowest BCUT2D eigenvalue weighted by Gasteiger charge is -2.38. The van der Waals surface area contributed by atoms with E-state index >= 15 is 0 Å². The SMILES string of the molecule is C.C.CC.CC.CC.Cc1c(Br)cc(C(C)(C)c2cc(Br)c(C)c(Br)c2)cc1Br.Cc1ccc(C2(c3ccc(C)cc3)OC(=O)c3ccccc32)cc1.Cc1ccc(P(=O)(c2ccccc2)c2ccc(C)cc2)cc1.Cc1cccc2ccccc12.c1ccc(C2(c3ccccc3)CCCCC2)cc1. The third-order valence-electron chi connectivity index (χ3n) is 19.0. The number of fused-ring (bicyclic) bond motifs is 2. The maximum Gasteiger partial charge on any atom is 0.340 e. The minimum absolute atomic E-state index is 0. The quantitative estimate of drug-likeness (QED) is 0.107. The predicted molar refractivity (Wildman–Crippen MR) is 468 cm³/mol. The van der Waals surface area contributed by atoms with Gasteiger partial charge in [0.05, 0.1) is 5.56 Å². The molecule has 0 atom stereocenters. The molecule has 12 aromatic carbocycles. The van der Waals surface area contributed by atoms with Gasteiger partial charge in [-0.2, -0.15) is 0 Å². The zero-order valence-electron chi connectivity index (χ0n) is 62.3. The smallest absolute Gasteiger partial charge is 0.340 e. The molecule has 1 saturated carbocycles. The van der Waals surface area contributed by atoms with Crippen LogP contribution in [0.5, 0.6) is 0 Å². The molecule has 104 heavy (non-hydrogen) atoms. The number of halogens is 4. The first-order valence-corrected chi connectivity index (χ1v) is 40.8. The number of aryl methyl sites for hydroxylation is 5. The Bertz CT molecular complexity index is 4390. The first-order valence-electron chi connectivity index (χ1n) is 35.9. The molecular weight excluding hydrogens is 1550 g/mol. The molecule has 1 aliphatic heterocycles. The van der Waals surface area contributed by atoms with E-state index in [-0.39, 0.29) is 31.7 Å². The van der Waals surface area contributed by atoms with Crippen LogP contribution in [0.4, 0.5) is 0 Å². The highest BCUT2D eigenvalue weighted by Crippen LogP contribution is 2.49. The zero-order chi connectivity index (χ0) is 74.2. The number of carbonyl (C=O) groups is 1. The van der Waals surface area contributed by atoms with Crippen LogP contribution in [-0.2, 0) is 25.7 Å². The molecular formula is C96H109Br4O3P. The second-order valence-corrected chi connectivity index (χ2v) is 32.1. The van der Waals surface area contributed by atoms with Crippen molar-refractivity contribution in [2.45, 2.75) is 167 Å². The first kappa shape index (κ1) is 87.2. The molecule has 12 aromatic rings. The molecule has 14 rings (SSSR count). The summed E-state index contributed by atoms with van der Waals surface area (Å²) in [6, 6.07) is 95.7. The monoisotopic (exact) mass is 1660 g/mol. The van der Waals surface area contributed by atoms with Crippen LogP contribution in [0.25, 0.3) is 10.8 Å². The number of hydrogen-bond donors (Lipinski definition) is 0. The van der Waals surface area contributed by atoms with Crippen molar-refractivity contribution < 1.29 is 14.1 Å². The van der Waals surface area contributed by atoms with Crippen LogP contribution < -0.4 is 15.9 Å². The Kier molecular flexibility index (Phi) is 34.7. The van der Waals surface area contributed by atoms with E-state index < -0.39 is 12.7 Å². The van der Waals surface area contributed by atoms with E-state index in [4.69, 9.17) is 4.74 Å². The third kappa shape index (κ3) is 20.8. The van der Waals surface area contributed by atoms with Crippen LogP contribution in [0.15, 0.2) is 297 Å². The fourth-order valence-corrected chi connectivity index (χ4v) is 18.0. The zero-order valence-corrected chi connectivity index (χ0v) is 69.5. The summed E-state index contributed by atoms with van der Waals surface area (Å²) in [7, 11) is -2.82. The fraction of sp³-hybridized carbons (Fsp3) is 0.260. The lowest BCUT2D eigenvalue weighted by molar-refractivity contribution is 0.0251. The maximum absolute atomic E-state index is 14.0. The summed E-state index contributed by atoms with van der Waals surface area (Å²) in [6.45, 7) is 31.0. The molecule has 544 valence electrons. The van der Waals surface area contributed by atoms with E-state index in [1.807, 2.05) is 183 Å². The van der Waals surface area contributed by atoms with Gasteiger partial charge < -0.3 is 9.30 Å². The molecule has 2 aliphatic rings. The molecule has 0 radical (unpaired) electrons. The maximum atomic E-state index is 14.0. The van der Waals surface area contributed by atoms with Gasteiger partial charge in [0.2, 0.25) is 0 Å². The van der Waals surface area contributed by atoms with Gasteiger partial charge in [0.1, 0.15) is 0 Å². The van der Waals surface area contributed by atoms with Gasteiger partial charge in [-0.1, -0.05) is 424 Å². The van der Waals surface area contributed by atoms with Gasteiger partial charge in [0.15, 0.2) is 12.7 Å². The van der Waals surface area contributed by atoms with Gasteiger partial charge in [-0.05, 0) is 141 Å². The predicted octanol–water partition coefficient (Wildman–Crippen LogP) is 28.8. The van der Waals surface area contributed by atoms with Crippen molar-refractivity contribution >= 4 is 104 Å². The molecule has 0 N–H and O–H groups in total. The van der Waals surface area contributed by atoms with Crippen LogP contribution in [0.3, 0.4) is 0 Å². The van der Waals surface area contributed by atoms with E-state index in [0.29, 0.717) is 5.56 Å². The molecule has 0 unspecified atom stereocenters. The van der Waals surface area contributed by atoms with Crippen molar-refractivity contribution in [3.05, 3.63) is 380 Å². The Morgan fingerprint density at radius 3 is 1.12 bits per heavy atom. The third-order valence-corrected chi connectivity index (χ3v) is 25.3. The fourth-order valence-electron chi connectivity index (χ4n) is 13.0. The summed E-state index contributed by atoms with van der Waals surface area (Å²) < 4.78 is 24.6. The van der Waals surface area contributed by atoms with Gasteiger partial charge >= 0.3 is 5.97 Å². The molecule has 1 aliphatic carbocycles. The number of esters is 1. The summed E-state index contributed by atoms with van der Waals surface area (Å²) in [5, 5.41) is 5.33. The number of ether oxygens (including phenoxy) is 1. The van der Waals surface area contributed by atoms with Crippen LogP contribution >= 0.6 is 70.9 Å². The van der Waals surface area contributed by atoms with Crippen molar-refractivity contribution in [3.8, 4) is 0 Å². The lowest BCUT2D eigenvalue weighted by Crippen LogP contribution is -2.30. The van der Waals surface area contributed by atoms with Gasteiger partial charge in [-0.15, -0.1) is 0 Å². The van der Waals surface area contributed by atoms with E-state index in [9.17, 15) is 9.36 Å². The van der Waals surface area contributed by atoms with Crippen LogP contribution in [-0.4, -0.2) is 5.97 Å². The summed E-state index contributed by atoms with van der Waals surface area (Å²) >= 11 is 14.6. The average molecular weight is 1660 g/mol. The van der Waals surface area contributed by atoms with Gasteiger partial charge in [-0.3, -0.25) is 0 Å². The number of carbonyl (C=O) groups excluding carboxylic acids is 1. The number of cyclic esters (lactones) is 1. The Morgan fingerprint density at radius 1 is 0.375 bits per heavy atom. The molecule has 8 heteroatoms. The number of benzene rings is 12. The highest BCUT2D eigenvalue weighted by molar-refractivity contribution is 9.11. The minimum Gasteiger partial charge on any atom is -0.441 e. The molecule has 1 fully saturated rings. The number of rotatable bonds is 9. The van der Waals surface area contributed by atoms with E-state index in [0.717, 1.165) is 50.5 Å². The van der Waals surface area contributed by atoms with Crippen molar-refractivity contribution in [3.63, 3.8) is 0 Å². The van der Waals surface area contributed by atoms with E-state index in [1.165, 1.54) is 104 Å². The van der Waals surface area contributed by atoms with Gasteiger partial charge in [-0.25, -0.2) is 4.79 Å². The molecule has 3 nitrogen and oxygen atoms in total. The van der Waals surface area contributed by atoms with Crippen molar-refractivity contribution in [2.75, 3.05) is 0 Å². The van der Waals surface area contributed by atoms with Crippen molar-refractivity contribution in [2.24, 2.45) is 0 Å². The molecule has 0 bridgehead atoms. The van der Waals surface area contributed by atoms with Crippen LogP contribution in [0.2, 0.25) is 0 Å². The van der Waals surface area contributed by atoms with Crippen molar-refractivity contribution in [1.82, 2.24) is 0 Å². The Balaban J connectivity index is 0.000000232. The second kappa shape index (κ2) is 41.4. The lowest BCUT2D eigenvalue weighted by atomic mass is 9.65. The summed E-state index contributed by atoms with van der Waals surface area (Å²) in [5.74, 6) is -0.272. The second-order valence-electron chi connectivity index (χ2n) is 25.9. The van der Waals surface area contributed by atoms with Gasteiger partial charge in [0.25, 0.3) is 0 Å². The Morgan fingerprint density at radius 2 is 0.712 bits per heavy atom. The van der Waals surface area contributed by atoms with E-state index in [1.54, 1.807) is 0 Å². The minimum atomic E-state index is -2.82. The number of hydrogen-bond acceptors (Lipinski definition) is 3. The summed E-state index contributed by atoms with van der Waals surface area (Å²) in [6.07, 6.45) is 6.68. The van der Waals surface area contributed by atoms with Crippen molar-refractivity contribution in [1.29, 1.82) is 0 Å². The highest BCUT2D eigenvalue weighted by atomic mass is 79.9. The largest absolute Gasteiger partial charge is 0.441 e. The average Bonchev–Trinajstić information content (AvgIpc) is 1.55. The molecule has 0 amide bonds. The molecule has 0 aromatic heterocycles. The standard InChI is InChI=1S/C22H18O2.C20H19OP.C18H20.C17H16Br4.C11H10.3C2H6.2CH4/c1-15-7-11-17(12-8-15)22(18-13-9-16(2)10-14-18)20-6-4-3-5-19(20)21(23)24-22;1-16-8-12-19(13-9-16)22(21,18-6-4-3-5-7-18)20-14-10-17(2)11-15-20;1-4-10-16(11-5-1)18(14-8-3-9-15-18)17-12-6-2-7-13-17;1-9-13(18)5-11(6-14(9)19)17(3,4)12-7-15(20)10(2)16(21)8-12;1-9-5-4-7-10-6-2-3-8-11(9)10;3*1-2;;/h3-14H,1-2H3;3-15H,1-2H3;1-2,4-7,10-13H,3,8-9,14-15H2;5-8H,1-4H3;2-8H,1H3;3*1-2H3;2*1H4. The molecule has 0 saturated heterocycles. The van der Waals surface area contributed by atoms with E-state index in [2.05, 4.69) is 264 Å². The topological polar surface area (TPSA) is 43.4 Å². The first-order chi connectivity index (χ1) is 49.1.